The Labute approximate surface area is 160 Å². The molecule has 1 N–H and O–H groups in total. The van der Waals surface area contributed by atoms with Crippen LogP contribution in [0.25, 0.3) is 11.0 Å². The number of hydrogen-bond acceptors (Lipinski definition) is 6. The molecule has 3 aromatic rings. The molecule has 0 radical (unpaired) electrons. The standard InChI is InChI=1S/C20H19NO5S/c1-3-25-20(23)16-12-7-5-9-15(12)27-19(16)21-18(22)14-10-11-6-4-8-13(24-2)17(11)26-14/h4,6,8,10H,3,5,7,9H2,1-2H3,(H,21,22). The van der Waals surface area contributed by atoms with Crippen LogP contribution in [0.2, 0.25) is 0 Å². The summed E-state index contributed by atoms with van der Waals surface area (Å²) in [4.78, 5) is 26.3. The van der Waals surface area contributed by atoms with Crippen LogP contribution in [-0.2, 0) is 17.6 Å². The van der Waals surface area contributed by atoms with E-state index in [9.17, 15) is 9.59 Å². The van der Waals surface area contributed by atoms with E-state index in [2.05, 4.69) is 5.32 Å². The molecular formula is C20H19NO5S. The lowest BCUT2D eigenvalue weighted by Gasteiger charge is -2.07. The molecule has 0 spiro atoms. The first-order valence-electron chi connectivity index (χ1n) is 8.82. The molecule has 1 amide bonds. The van der Waals surface area contributed by atoms with Crippen molar-refractivity contribution in [1.82, 2.24) is 0 Å². The van der Waals surface area contributed by atoms with E-state index in [0.717, 1.165) is 35.1 Å². The zero-order valence-electron chi connectivity index (χ0n) is 15.1. The average molecular weight is 385 g/mol. The summed E-state index contributed by atoms with van der Waals surface area (Å²) < 4.78 is 16.2. The van der Waals surface area contributed by atoms with Crippen molar-refractivity contribution < 1.29 is 23.5 Å². The van der Waals surface area contributed by atoms with Gasteiger partial charge in [-0.2, -0.15) is 0 Å². The number of esters is 1. The number of nitrogens with one attached hydrogen (secondary N) is 1. The van der Waals surface area contributed by atoms with Crippen LogP contribution < -0.4 is 10.1 Å². The van der Waals surface area contributed by atoms with Gasteiger partial charge in [-0.25, -0.2) is 4.79 Å². The summed E-state index contributed by atoms with van der Waals surface area (Å²) in [6.45, 7) is 2.06. The van der Waals surface area contributed by atoms with Crippen molar-refractivity contribution in [3.05, 3.63) is 46.0 Å². The molecule has 4 rings (SSSR count). The molecule has 2 aromatic heterocycles. The van der Waals surface area contributed by atoms with Gasteiger partial charge in [0.05, 0.1) is 19.3 Å². The lowest BCUT2D eigenvalue weighted by Crippen LogP contribution is -2.14. The summed E-state index contributed by atoms with van der Waals surface area (Å²) >= 11 is 1.44. The first-order valence-corrected chi connectivity index (χ1v) is 9.63. The number of aryl methyl sites for hydroxylation is 1. The van der Waals surface area contributed by atoms with Crippen LogP contribution in [-0.4, -0.2) is 25.6 Å². The molecule has 1 aliphatic rings. The van der Waals surface area contributed by atoms with Crippen LogP contribution in [0.4, 0.5) is 5.00 Å². The third-order valence-electron chi connectivity index (χ3n) is 4.58. The Hall–Kier alpha value is -2.80. The van der Waals surface area contributed by atoms with Crippen molar-refractivity contribution >= 4 is 39.2 Å². The highest BCUT2D eigenvalue weighted by Crippen LogP contribution is 2.40. The molecule has 0 saturated carbocycles. The molecule has 6 nitrogen and oxygen atoms in total. The molecule has 0 fully saturated rings. The fourth-order valence-corrected chi connectivity index (χ4v) is 4.66. The van der Waals surface area contributed by atoms with Gasteiger partial charge in [0.25, 0.3) is 5.91 Å². The Morgan fingerprint density at radius 3 is 2.93 bits per heavy atom. The maximum atomic E-state index is 12.8. The molecule has 0 atom stereocenters. The topological polar surface area (TPSA) is 77.8 Å². The highest BCUT2D eigenvalue weighted by atomic mass is 32.1. The van der Waals surface area contributed by atoms with Crippen LogP contribution >= 0.6 is 11.3 Å². The van der Waals surface area contributed by atoms with Gasteiger partial charge in [0, 0.05) is 10.3 Å². The summed E-state index contributed by atoms with van der Waals surface area (Å²) in [6.07, 6.45) is 2.77. The lowest BCUT2D eigenvalue weighted by molar-refractivity contribution is 0.0527. The minimum Gasteiger partial charge on any atom is -0.493 e. The molecule has 0 saturated heterocycles. The number of fused-ring (bicyclic) bond motifs is 2. The second kappa shape index (κ2) is 7.08. The molecule has 140 valence electrons. The van der Waals surface area contributed by atoms with E-state index >= 15 is 0 Å². The summed E-state index contributed by atoms with van der Waals surface area (Å²) in [5, 5.41) is 4.14. The number of hydrogen-bond donors (Lipinski definition) is 1. The third kappa shape index (κ3) is 3.08. The zero-order chi connectivity index (χ0) is 19.0. The number of carbonyl (C=O) groups excluding carboxylic acids is 2. The Kier molecular flexibility index (Phi) is 4.61. The largest absolute Gasteiger partial charge is 0.493 e. The number of methoxy groups -OCH3 is 1. The van der Waals surface area contributed by atoms with Crippen molar-refractivity contribution in [2.45, 2.75) is 26.2 Å². The molecule has 0 bridgehead atoms. The molecule has 2 heterocycles. The maximum Gasteiger partial charge on any atom is 0.341 e. The van der Waals surface area contributed by atoms with Gasteiger partial charge in [0.15, 0.2) is 17.1 Å². The number of amides is 1. The second-order valence-corrected chi connectivity index (χ2v) is 7.33. The molecule has 1 aromatic carbocycles. The van der Waals surface area contributed by atoms with Crippen LogP contribution in [0.3, 0.4) is 0 Å². The van der Waals surface area contributed by atoms with Crippen molar-refractivity contribution in [3.63, 3.8) is 0 Å². The van der Waals surface area contributed by atoms with Gasteiger partial charge in [-0.1, -0.05) is 12.1 Å². The predicted molar refractivity (Wildman–Crippen MR) is 103 cm³/mol. The van der Waals surface area contributed by atoms with Crippen molar-refractivity contribution in [2.24, 2.45) is 0 Å². The van der Waals surface area contributed by atoms with E-state index in [1.807, 2.05) is 12.1 Å². The van der Waals surface area contributed by atoms with Crippen molar-refractivity contribution in [3.8, 4) is 5.75 Å². The minimum absolute atomic E-state index is 0.165. The van der Waals surface area contributed by atoms with E-state index < -0.39 is 11.9 Å². The van der Waals surface area contributed by atoms with E-state index in [0.29, 0.717) is 28.5 Å². The van der Waals surface area contributed by atoms with Gasteiger partial charge < -0.3 is 19.2 Å². The van der Waals surface area contributed by atoms with E-state index in [-0.39, 0.29) is 5.76 Å². The van der Waals surface area contributed by atoms with Gasteiger partial charge in [-0.3, -0.25) is 4.79 Å². The van der Waals surface area contributed by atoms with Gasteiger partial charge in [0.2, 0.25) is 0 Å². The first-order chi connectivity index (χ1) is 13.1. The number of furan rings is 1. The Bertz CT molecular complexity index is 1030. The van der Waals surface area contributed by atoms with Crippen LogP contribution in [0.1, 0.15) is 44.7 Å². The van der Waals surface area contributed by atoms with Gasteiger partial charge in [-0.15, -0.1) is 11.3 Å². The molecule has 27 heavy (non-hydrogen) atoms. The lowest BCUT2D eigenvalue weighted by atomic mass is 10.1. The van der Waals surface area contributed by atoms with Crippen molar-refractivity contribution in [1.29, 1.82) is 0 Å². The maximum absolute atomic E-state index is 12.8. The number of benzene rings is 1. The third-order valence-corrected chi connectivity index (χ3v) is 5.79. The highest BCUT2D eigenvalue weighted by molar-refractivity contribution is 7.17. The van der Waals surface area contributed by atoms with Gasteiger partial charge >= 0.3 is 5.97 Å². The fraction of sp³-hybridized carbons (Fsp3) is 0.300. The zero-order valence-corrected chi connectivity index (χ0v) is 15.9. The number of para-hydroxylation sites is 1. The predicted octanol–water partition coefficient (Wildman–Crippen LogP) is 4.42. The first kappa shape index (κ1) is 17.6. The Balaban J connectivity index is 1.66. The summed E-state index contributed by atoms with van der Waals surface area (Å²) in [7, 11) is 1.55. The van der Waals surface area contributed by atoms with Gasteiger partial charge in [-0.05, 0) is 43.9 Å². The summed E-state index contributed by atoms with van der Waals surface area (Å²) in [6, 6.07) is 7.12. The summed E-state index contributed by atoms with van der Waals surface area (Å²) in [5.74, 6) is -0.0658. The molecule has 0 aliphatic heterocycles. The molecule has 7 heteroatoms. The number of carbonyl (C=O) groups is 2. The Morgan fingerprint density at radius 2 is 2.15 bits per heavy atom. The summed E-state index contributed by atoms with van der Waals surface area (Å²) in [5.41, 5.74) is 2.00. The number of ether oxygens (including phenoxy) is 2. The van der Waals surface area contributed by atoms with Crippen LogP contribution in [0, 0.1) is 0 Å². The smallest absolute Gasteiger partial charge is 0.341 e. The quantitative estimate of drug-likeness (QED) is 0.658. The monoisotopic (exact) mass is 385 g/mol. The number of thiophene rings is 1. The molecular weight excluding hydrogens is 366 g/mol. The van der Waals surface area contributed by atoms with E-state index in [1.54, 1.807) is 26.2 Å². The minimum atomic E-state index is -0.404. The fourth-order valence-electron chi connectivity index (χ4n) is 3.39. The van der Waals surface area contributed by atoms with E-state index in [4.69, 9.17) is 13.9 Å². The Morgan fingerprint density at radius 1 is 1.30 bits per heavy atom. The number of anilines is 1. The van der Waals surface area contributed by atoms with Crippen LogP contribution in [0.15, 0.2) is 28.7 Å². The van der Waals surface area contributed by atoms with Crippen molar-refractivity contribution in [2.75, 3.05) is 19.0 Å². The highest BCUT2D eigenvalue weighted by Gasteiger charge is 2.29. The number of rotatable bonds is 5. The average Bonchev–Trinajstić information content (AvgIpc) is 3.34. The van der Waals surface area contributed by atoms with E-state index in [1.165, 1.54) is 11.3 Å². The SMILES string of the molecule is CCOC(=O)c1c(NC(=O)c2cc3cccc(OC)c3o2)sc2c1CCC2. The molecule has 0 unspecified atom stereocenters. The van der Waals surface area contributed by atoms with Gasteiger partial charge in [0.1, 0.15) is 5.00 Å². The molecule has 1 aliphatic carbocycles. The van der Waals surface area contributed by atoms with Crippen LogP contribution in [0.5, 0.6) is 5.75 Å². The normalized spacial score (nSPS) is 12.8. The second-order valence-electron chi connectivity index (χ2n) is 6.23.